The first kappa shape index (κ1) is 33.2. The number of allylic oxidation sites excluding steroid dienone is 4. The van der Waals surface area contributed by atoms with E-state index in [-0.39, 0.29) is 0 Å². The molecule has 0 radical (unpaired) electrons. The van der Waals surface area contributed by atoms with E-state index in [0.29, 0.717) is 17.0 Å². The van der Waals surface area contributed by atoms with E-state index in [1.807, 2.05) is 48.5 Å². The van der Waals surface area contributed by atoms with Crippen LogP contribution in [0.5, 0.6) is 0 Å². The zero-order valence-electron chi connectivity index (χ0n) is 29.5. The van der Waals surface area contributed by atoms with Gasteiger partial charge in [0.25, 0.3) is 0 Å². The molecule has 0 spiro atoms. The summed E-state index contributed by atoms with van der Waals surface area (Å²) < 4.78 is 0. The van der Waals surface area contributed by atoms with Crippen LogP contribution in [-0.2, 0) is 0 Å². The zero-order chi connectivity index (χ0) is 36.1. The molecule has 0 fully saturated rings. The fraction of sp³-hybridized carbons (Fsp3) is 0.0588. The van der Waals surface area contributed by atoms with E-state index in [1.54, 1.807) is 0 Å². The van der Waals surface area contributed by atoms with Crippen molar-refractivity contribution in [1.82, 2.24) is 0 Å². The van der Waals surface area contributed by atoms with Crippen LogP contribution in [0.4, 0.5) is 0 Å². The predicted molar refractivity (Wildman–Crippen MR) is 219 cm³/mol. The van der Waals surface area contributed by atoms with Crippen LogP contribution < -0.4 is 0 Å². The van der Waals surface area contributed by atoms with Crippen molar-refractivity contribution >= 4 is 11.1 Å². The van der Waals surface area contributed by atoms with Crippen LogP contribution in [0.3, 0.4) is 0 Å². The maximum atomic E-state index is 10.1. The Hall–Kier alpha value is -7.00. The summed E-state index contributed by atoms with van der Waals surface area (Å²) >= 11 is 0. The van der Waals surface area contributed by atoms with Crippen LogP contribution in [0, 0.1) is 28.6 Å². The molecule has 0 saturated heterocycles. The van der Waals surface area contributed by atoms with Crippen molar-refractivity contribution in [2.24, 2.45) is 5.92 Å². The standard InChI is InChI=1S/C51H36N2/c1-35-18-19-46(50-27-25-43(31-48(50)34-53)37-12-6-3-7-13-37)32-51(35)45-17-9-15-41(29-45)39-22-20-38(21-23-39)40-14-8-16-44(28-40)49-26-24-42(30-47(49)33-52)36-10-4-2-5-11-36/h2-17,19-32,35H,18H2,1H3. The number of hydrogen-bond acceptors (Lipinski definition) is 2. The van der Waals surface area contributed by atoms with Gasteiger partial charge in [0.15, 0.2) is 0 Å². The number of hydrogen-bond donors (Lipinski definition) is 0. The highest BCUT2D eigenvalue weighted by Crippen LogP contribution is 2.39. The fourth-order valence-corrected chi connectivity index (χ4v) is 7.35. The van der Waals surface area contributed by atoms with Gasteiger partial charge in [-0.3, -0.25) is 0 Å². The highest BCUT2D eigenvalue weighted by atomic mass is 14.3. The molecule has 1 atom stereocenters. The number of benzene rings is 7. The smallest absolute Gasteiger partial charge is 0.0998 e. The minimum atomic E-state index is 0.355. The molecule has 1 aliphatic carbocycles. The maximum Gasteiger partial charge on any atom is 0.0998 e. The molecule has 53 heavy (non-hydrogen) atoms. The molecule has 0 amide bonds. The van der Waals surface area contributed by atoms with Crippen molar-refractivity contribution in [2.75, 3.05) is 0 Å². The van der Waals surface area contributed by atoms with Gasteiger partial charge in [0, 0.05) is 0 Å². The molecular weight excluding hydrogens is 641 g/mol. The van der Waals surface area contributed by atoms with E-state index in [4.69, 9.17) is 0 Å². The molecule has 1 aliphatic rings. The van der Waals surface area contributed by atoms with Crippen LogP contribution in [0.15, 0.2) is 182 Å². The van der Waals surface area contributed by atoms with Gasteiger partial charge in [0.05, 0.1) is 23.3 Å². The summed E-state index contributed by atoms with van der Waals surface area (Å²) in [5.74, 6) is 0.355. The number of rotatable bonds is 7. The molecular formula is C51H36N2. The van der Waals surface area contributed by atoms with E-state index >= 15 is 0 Å². The van der Waals surface area contributed by atoms with Crippen molar-refractivity contribution in [1.29, 1.82) is 10.5 Å². The van der Waals surface area contributed by atoms with Crippen molar-refractivity contribution in [3.63, 3.8) is 0 Å². The van der Waals surface area contributed by atoms with E-state index in [9.17, 15) is 10.5 Å². The SMILES string of the molecule is CC1CC=C(c2ccc(-c3ccccc3)cc2C#N)C=C1c1cccc(-c2ccc(-c3cccc(-c4ccc(-c5ccccc5)cc4C#N)c3)cc2)c1. The Kier molecular flexibility index (Phi) is 9.19. The second kappa shape index (κ2) is 14.7. The van der Waals surface area contributed by atoms with E-state index in [1.165, 1.54) is 11.1 Å². The second-order valence-corrected chi connectivity index (χ2v) is 13.6. The Morgan fingerprint density at radius 2 is 0.830 bits per heavy atom. The predicted octanol–water partition coefficient (Wildman–Crippen LogP) is 13.3. The molecule has 7 aromatic carbocycles. The van der Waals surface area contributed by atoms with Crippen LogP contribution in [0.25, 0.3) is 66.8 Å². The van der Waals surface area contributed by atoms with Gasteiger partial charge in [-0.1, -0.05) is 165 Å². The molecule has 0 heterocycles. The molecule has 2 heteroatoms. The molecule has 0 N–H and O–H groups in total. The average molecular weight is 677 g/mol. The molecule has 2 nitrogen and oxygen atoms in total. The first-order valence-corrected chi connectivity index (χ1v) is 18.0. The van der Waals surface area contributed by atoms with Crippen molar-refractivity contribution in [2.45, 2.75) is 13.3 Å². The lowest BCUT2D eigenvalue weighted by Gasteiger charge is -2.22. The molecule has 250 valence electrons. The Morgan fingerprint density at radius 3 is 1.40 bits per heavy atom. The van der Waals surface area contributed by atoms with Gasteiger partial charge in [-0.15, -0.1) is 0 Å². The maximum absolute atomic E-state index is 10.1. The van der Waals surface area contributed by atoms with Crippen LogP contribution in [0.1, 0.15) is 35.6 Å². The van der Waals surface area contributed by atoms with Gasteiger partial charge in [-0.05, 0) is 115 Å². The highest BCUT2D eigenvalue weighted by molar-refractivity contribution is 5.90. The number of nitrogens with zero attached hydrogens (tertiary/aromatic N) is 2. The third-order valence-corrected chi connectivity index (χ3v) is 10.3. The minimum absolute atomic E-state index is 0.355. The lowest BCUT2D eigenvalue weighted by molar-refractivity contribution is 0.761. The highest BCUT2D eigenvalue weighted by Gasteiger charge is 2.19. The lowest BCUT2D eigenvalue weighted by atomic mass is 9.82. The first-order chi connectivity index (χ1) is 26.1. The summed E-state index contributed by atoms with van der Waals surface area (Å²) in [4.78, 5) is 0. The molecule has 0 aliphatic heterocycles. The normalized spacial score (nSPS) is 13.7. The van der Waals surface area contributed by atoms with Crippen LogP contribution >= 0.6 is 0 Å². The molecule has 1 unspecified atom stereocenters. The Bertz CT molecular complexity index is 2600. The summed E-state index contributed by atoms with van der Waals surface area (Å²) in [6.07, 6.45) is 5.46. The quantitative estimate of drug-likeness (QED) is 0.169. The Labute approximate surface area is 311 Å². The van der Waals surface area contributed by atoms with E-state index in [0.717, 1.165) is 73.2 Å². The van der Waals surface area contributed by atoms with Gasteiger partial charge >= 0.3 is 0 Å². The summed E-state index contributed by atoms with van der Waals surface area (Å²) in [7, 11) is 0. The summed E-state index contributed by atoms with van der Waals surface area (Å²) in [6.45, 7) is 2.27. The van der Waals surface area contributed by atoms with Gasteiger partial charge in [-0.25, -0.2) is 0 Å². The minimum Gasteiger partial charge on any atom is -0.192 e. The molecule has 0 saturated carbocycles. The largest absolute Gasteiger partial charge is 0.192 e. The van der Waals surface area contributed by atoms with E-state index in [2.05, 4.69) is 153 Å². The third kappa shape index (κ3) is 6.88. The van der Waals surface area contributed by atoms with Crippen molar-refractivity contribution < 1.29 is 0 Å². The van der Waals surface area contributed by atoms with Gasteiger partial charge in [-0.2, -0.15) is 10.5 Å². The second-order valence-electron chi connectivity index (χ2n) is 13.6. The Balaban J connectivity index is 1.05. The van der Waals surface area contributed by atoms with Crippen molar-refractivity contribution in [3.05, 3.63) is 204 Å². The number of nitriles is 2. The molecule has 7 aromatic rings. The average Bonchev–Trinajstić information content (AvgIpc) is 3.24. The van der Waals surface area contributed by atoms with E-state index < -0.39 is 0 Å². The van der Waals surface area contributed by atoms with Gasteiger partial charge < -0.3 is 0 Å². The van der Waals surface area contributed by atoms with Crippen LogP contribution in [0.2, 0.25) is 0 Å². The summed E-state index contributed by atoms with van der Waals surface area (Å²) in [6, 6.07) is 63.5. The Morgan fingerprint density at radius 1 is 0.415 bits per heavy atom. The monoisotopic (exact) mass is 676 g/mol. The van der Waals surface area contributed by atoms with Crippen LogP contribution in [-0.4, -0.2) is 0 Å². The first-order valence-electron chi connectivity index (χ1n) is 18.0. The molecule has 0 aromatic heterocycles. The topological polar surface area (TPSA) is 47.6 Å². The van der Waals surface area contributed by atoms with Gasteiger partial charge in [0.1, 0.15) is 0 Å². The third-order valence-electron chi connectivity index (χ3n) is 10.3. The fourth-order valence-electron chi connectivity index (χ4n) is 7.35. The van der Waals surface area contributed by atoms with Gasteiger partial charge in [0.2, 0.25) is 0 Å². The molecule has 8 rings (SSSR count). The lowest BCUT2D eigenvalue weighted by Crippen LogP contribution is -2.04. The zero-order valence-corrected chi connectivity index (χ0v) is 29.5. The van der Waals surface area contributed by atoms with Crippen molar-refractivity contribution in [3.8, 4) is 67.8 Å². The molecule has 0 bridgehead atoms. The summed E-state index contributed by atoms with van der Waals surface area (Å²) in [5.41, 5.74) is 16.7. The summed E-state index contributed by atoms with van der Waals surface area (Å²) in [5, 5.41) is 20.2.